The van der Waals surface area contributed by atoms with Crippen molar-refractivity contribution in [2.45, 2.75) is 82.8 Å². The zero-order valence-electron chi connectivity index (χ0n) is 20.5. The highest BCUT2D eigenvalue weighted by atomic mass is 16.5. The van der Waals surface area contributed by atoms with E-state index in [0.717, 1.165) is 55.2 Å². The zero-order chi connectivity index (χ0) is 25.9. The second-order valence-corrected chi connectivity index (χ2v) is 9.86. The van der Waals surface area contributed by atoms with Crippen molar-refractivity contribution < 1.29 is 28.6 Å². The molecule has 1 saturated carbocycles. The van der Waals surface area contributed by atoms with Gasteiger partial charge in [-0.15, -0.1) is 0 Å². The molecule has 1 aromatic heterocycles. The lowest BCUT2D eigenvalue weighted by molar-refractivity contribution is -0.141. The Morgan fingerprint density at radius 2 is 1.92 bits per heavy atom. The first-order chi connectivity index (χ1) is 17.2. The number of urea groups is 1. The van der Waals surface area contributed by atoms with Crippen LogP contribution in [0.3, 0.4) is 0 Å². The summed E-state index contributed by atoms with van der Waals surface area (Å²) in [5.74, 6) is -1.04. The second-order valence-electron chi connectivity index (χ2n) is 9.86. The Morgan fingerprint density at radius 1 is 1.17 bits per heavy atom. The molecule has 3 amide bonds. The first-order valence-corrected chi connectivity index (χ1v) is 12.5. The van der Waals surface area contributed by atoms with Crippen molar-refractivity contribution >= 4 is 28.9 Å². The molecule has 1 aliphatic carbocycles. The Hall–Kier alpha value is -3.56. The minimum Gasteiger partial charge on any atom is -0.487 e. The Kier molecular flexibility index (Phi) is 7.51. The van der Waals surface area contributed by atoms with Crippen molar-refractivity contribution in [2.24, 2.45) is 5.73 Å². The molecule has 1 atom stereocenters. The van der Waals surface area contributed by atoms with Crippen LogP contribution in [0.5, 0.6) is 5.75 Å². The smallest absolute Gasteiger partial charge is 0.340 e. The maximum Gasteiger partial charge on any atom is 0.340 e. The van der Waals surface area contributed by atoms with E-state index < -0.39 is 29.6 Å². The van der Waals surface area contributed by atoms with Gasteiger partial charge in [0.1, 0.15) is 23.0 Å². The molecule has 194 valence electrons. The fourth-order valence-corrected chi connectivity index (χ4v) is 5.33. The summed E-state index contributed by atoms with van der Waals surface area (Å²) in [7, 11) is 0. The predicted octanol–water partition coefficient (Wildman–Crippen LogP) is 2.69. The fraction of sp³-hybridized carbons (Fsp3) is 0.538. The van der Waals surface area contributed by atoms with E-state index >= 15 is 0 Å². The van der Waals surface area contributed by atoms with Crippen LogP contribution < -0.4 is 26.7 Å². The molecular formula is C26H33N3O7. The minimum atomic E-state index is -1.20. The third-order valence-corrected chi connectivity index (χ3v) is 7.35. The van der Waals surface area contributed by atoms with Gasteiger partial charge in [0.15, 0.2) is 0 Å². The summed E-state index contributed by atoms with van der Waals surface area (Å²) < 4.78 is 12.0. The average Bonchev–Trinajstić information content (AvgIpc) is 2.83. The highest BCUT2D eigenvalue weighted by Gasteiger charge is 2.37. The van der Waals surface area contributed by atoms with Gasteiger partial charge in [0.2, 0.25) is 5.91 Å². The van der Waals surface area contributed by atoms with E-state index in [-0.39, 0.29) is 30.6 Å². The quantitative estimate of drug-likeness (QED) is 0.321. The number of nitrogens with one attached hydrogen (secondary N) is 2. The molecule has 2 heterocycles. The molecule has 10 nitrogen and oxygen atoms in total. The van der Waals surface area contributed by atoms with Crippen molar-refractivity contribution in [3.05, 3.63) is 39.2 Å². The Balaban J connectivity index is 1.50. The van der Waals surface area contributed by atoms with Gasteiger partial charge < -0.3 is 30.6 Å². The van der Waals surface area contributed by atoms with Crippen molar-refractivity contribution in [3.8, 4) is 5.75 Å². The number of hydrogen-bond acceptors (Lipinski definition) is 6. The van der Waals surface area contributed by atoms with Crippen LogP contribution in [0.4, 0.5) is 4.79 Å². The lowest BCUT2D eigenvalue weighted by Crippen LogP contribution is -2.42. The molecule has 0 bridgehead atoms. The Labute approximate surface area is 208 Å². The number of ether oxygens (including phenoxy) is 1. The first kappa shape index (κ1) is 25.5. The van der Waals surface area contributed by atoms with E-state index in [0.29, 0.717) is 17.6 Å². The molecule has 0 saturated heterocycles. The SMILES string of the molecule is Cc1c(CC(=O)NC(CCCNC(N)=O)C(=O)O)c(=O)oc2cc3c(cc12)CCC1(CCCCC1)O3. The van der Waals surface area contributed by atoms with Gasteiger partial charge in [-0.1, -0.05) is 6.42 Å². The number of carbonyl (C=O) groups excluding carboxylic acids is 2. The number of hydrogen-bond donors (Lipinski definition) is 4. The molecule has 5 N–H and O–H groups in total. The van der Waals surface area contributed by atoms with Crippen molar-refractivity contribution in [2.75, 3.05) is 6.54 Å². The van der Waals surface area contributed by atoms with Crippen molar-refractivity contribution in [3.63, 3.8) is 0 Å². The monoisotopic (exact) mass is 499 g/mol. The maximum atomic E-state index is 12.8. The lowest BCUT2D eigenvalue weighted by Gasteiger charge is -2.41. The van der Waals surface area contributed by atoms with E-state index in [9.17, 15) is 24.3 Å². The number of benzene rings is 1. The molecule has 1 spiro atoms. The highest BCUT2D eigenvalue weighted by Crippen LogP contribution is 2.43. The number of carboxylic acid groups (broad SMARTS) is 1. The van der Waals surface area contributed by atoms with Gasteiger partial charge in [-0.3, -0.25) is 4.79 Å². The van der Waals surface area contributed by atoms with E-state index in [1.807, 2.05) is 6.07 Å². The van der Waals surface area contributed by atoms with Gasteiger partial charge in [-0.2, -0.15) is 0 Å². The molecule has 1 aliphatic heterocycles. The lowest BCUT2D eigenvalue weighted by atomic mass is 9.79. The molecule has 0 radical (unpaired) electrons. The van der Waals surface area contributed by atoms with Crippen molar-refractivity contribution in [1.82, 2.24) is 10.6 Å². The number of fused-ring (bicyclic) bond motifs is 2. The number of aliphatic carboxylic acids is 1. The molecule has 1 fully saturated rings. The summed E-state index contributed by atoms with van der Waals surface area (Å²) in [5.41, 5.74) is 6.54. The predicted molar refractivity (Wildman–Crippen MR) is 132 cm³/mol. The second kappa shape index (κ2) is 10.6. The van der Waals surface area contributed by atoms with Gasteiger partial charge in [-0.05, 0) is 75.5 Å². The number of primary amides is 1. The van der Waals surface area contributed by atoms with Crippen LogP contribution in [0, 0.1) is 6.92 Å². The summed E-state index contributed by atoms with van der Waals surface area (Å²) in [6, 6.07) is 1.91. The maximum absolute atomic E-state index is 12.8. The zero-order valence-corrected chi connectivity index (χ0v) is 20.5. The number of rotatable bonds is 8. The van der Waals surface area contributed by atoms with E-state index in [1.165, 1.54) is 6.42 Å². The van der Waals surface area contributed by atoms with E-state index in [1.54, 1.807) is 13.0 Å². The number of nitrogens with two attached hydrogens (primary N) is 1. The van der Waals surface area contributed by atoms with Gasteiger partial charge in [0.05, 0.1) is 12.0 Å². The van der Waals surface area contributed by atoms with Crippen LogP contribution in [0.15, 0.2) is 21.3 Å². The van der Waals surface area contributed by atoms with Gasteiger partial charge in [0.25, 0.3) is 0 Å². The topological polar surface area (TPSA) is 161 Å². The molecule has 4 rings (SSSR count). The van der Waals surface area contributed by atoms with Crippen LogP contribution >= 0.6 is 0 Å². The summed E-state index contributed by atoms with van der Waals surface area (Å²) >= 11 is 0. The number of carboxylic acids is 1. The summed E-state index contributed by atoms with van der Waals surface area (Å²) in [6.07, 6.45) is 7.59. The van der Waals surface area contributed by atoms with Crippen LogP contribution in [-0.4, -0.2) is 41.2 Å². The Bertz CT molecular complexity index is 1230. The summed E-state index contributed by atoms with van der Waals surface area (Å²) in [4.78, 5) is 47.7. The van der Waals surface area contributed by atoms with Gasteiger partial charge in [-0.25, -0.2) is 14.4 Å². The molecule has 36 heavy (non-hydrogen) atoms. The van der Waals surface area contributed by atoms with Gasteiger partial charge >= 0.3 is 17.6 Å². The molecular weight excluding hydrogens is 466 g/mol. The Morgan fingerprint density at radius 3 is 2.61 bits per heavy atom. The minimum absolute atomic E-state index is 0.0975. The number of carbonyl (C=O) groups is 3. The molecule has 2 aromatic rings. The van der Waals surface area contributed by atoms with E-state index in [2.05, 4.69) is 10.6 Å². The van der Waals surface area contributed by atoms with Crippen LogP contribution in [-0.2, 0) is 22.4 Å². The standard InChI is InChI=1S/C26H33N3O7/c1-15-17-12-16-7-10-26(8-3-2-4-9-26)36-20(16)14-21(17)35-24(33)18(15)13-22(30)29-19(23(31)32)6-5-11-28-25(27)34/h12,14,19H,2-11,13H2,1H3,(H,29,30)(H,31,32)(H3,27,28,34). The number of amides is 3. The summed E-state index contributed by atoms with van der Waals surface area (Å²) in [6.45, 7) is 1.96. The molecule has 2 aliphatic rings. The highest BCUT2D eigenvalue weighted by molar-refractivity contribution is 5.88. The van der Waals surface area contributed by atoms with Crippen LogP contribution in [0.2, 0.25) is 0 Å². The van der Waals surface area contributed by atoms with Gasteiger partial charge in [0, 0.05) is 18.0 Å². The number of aryl methyl sites for hydroxylation is 2. The molecule has 10 heteroatoms. The van der Waals surface area contributed by atoms with Crippen LogP contribution in [0.25, 0.3) is 11.0 Å². The van der Waals surface area contributed by atoms with E-state index in [4.69, 9.17) is 14.9 Å². The molecule has 1 unspecified atom stereocenters. The average molecular weight is 500 g/mol. The van der Waals surface area contributed by atoms with Crippen LogP contribution in [0.1, 0.15) is 68.1 Å². The third kappa shape index (κ3) is 5.63. The molecule has 1 aromatic carbocycles. The first-order valence-electron chi connectivity index (χ1n) is 12.5. The summed E-state index contributed by atoms with van der Waals surface area (Å²) in [5, 5.41) is 15.0. The third-order valence-electron chi connectivity index (χ3n) is 7.35. The van der Waals surface area contributed by atoms with Crippen molar-refractivity contribution in [1.29, 1.82) is 0 Å². The fourth-order valence-electron chi connectivity index (χ4n) is 5.33. The largest absolute Gasteiger partial charge is 0.487 e. The normalized spacial score (nSPS) is 17.1.